The molecular weight excluding hydrogens is 238 g/mol. The summed E-state index contributed by atoms with van der Waals surface area (Å²) in [7, 11) is 0. The van der Waals surface area contributed by atoms with Crippen LogP contribution < -0.4 is 4.74 Å². The molecule has 90 valence electrons. The van der Waals surface area contributed by atoms with Gasteiger partial charge in [-0.3, -0.25) is 4.79 Å². The first kappa shape index (κ1) is 11.0. The first-order valence-corrected chi connectivity index (χ1v) is 6.38. The Morgan fingerprint density at radius 1 is 1.47 bits per heavy atom. The van der Waals surface area contributed by atoms with E-state index in [0.717, 1.165) is 19.3 Å². The smallest absolute Gasteiger partial charge is 0.232 e. The number of pyridine rings is 1. The molecule has 3 atom stereocenters. The number of nitrogens with zero attached hydrogens (tertiary/aromatic N) is 1. The van der Waals surface area contributed by atoms with Gasteiger partial charge in [0, 0.05) is 18.5 Å². The summed E-state index contributed by atoms with van der Waals surface area (Å²) in [6.45, 7) is 0.630. The molecule has 4 heteroatoms. The zero-order chi connectivity index (χ0) is 11.8. The van der Waals surface area contributed by atoms with Crippen molar-refractivity contribution in [1.82, 2.24) is 4.98 Å². The van der Waals surface area contributed by atoms with E-state index in [1.54, 1.807) is 18.3 Å². The van der Waals surface area contributed by atoms with Gasteiger partial charge < -0.3 is 4.74 Å². The highest BCUT2D eigenvalue weighted by Gasteiger charge is 2.45. The number of ether oxygens (including phenoxy) is 1. The van der Waals surface area contributed by atoms with Gasteiger partial charge in [0.2, 0.25) is 5.88 Å². The summed E-state index contributed by atoms with van der Waals surface area (Å²) in [5, 5.41) is 0.548. The number of Topliss-reactive ketones (excluding diaryl/α,β-unsaturated/α-hetero) is 1. The maximum atomic E-state index is 11.4. The normalized spacial score (nSPS) is 30.9. The molecule has 17 heavy (non-hydrogen) atoms. The molecule has 0 saturated heterocycles. The van der Waals surface area contributed by atoms with Crippen molar-refractivity contribution in [2.75, 3.05) is 6.61 Å². The van der Waals surface area contributed by atoms with E-state index >= 15 is 0 Å². The summed E-state index contributed by atoms with van der Waals surface area (Å²) in [6, 6.07) is 3.56. The Morgan fingerprint density at radius 2 is 2.35 bits per heavy atom. The summed E-state index contributed by atoms with van der Waals surface area (Å²) in [6.07, 6.45) is 4.46. The average Bonchev–Trinajstić information content (AvgIpc) is 2.86. The van der Waals surface area contributed by atoms with Gasteiger partial charge in [0.05, 0.1) is 6.61 Å². The largest absolute Gasteiger partial charge is 0.476 e. The monoisotopic (exact) mass is 251 g/mol. The Bertz CT molecular complexity index is 449. The Labute approximate surface area is 105 Å². The Kier molecular flexibility index (Phi) is 2.79. The van der Waals surface area contributed by atoms with E-state index in [4.69, 9.17) is 16.3 Å². The number of fused-ring (bicyclic) bond motifs is 2. The molecule has 0 amide bonds. The standard InChI is InChI=1S/C13H14ClNO2/c14-11-2-1-3-15-13(11)17-7-10-5-9-4-8(10)6-12(9)16/h1-3,8-10H,4-7H2/t8-,9+,10-/m0/s1. The van der Waals surface area contributed by atoms with Gasteiger partial charge in [0.15, 0.2) is 0 Å². The molecule has 0 aliphatic heterocycles. The second kappa shape index (κ2) is 4.30. The van der Waals surface area contributed by atoms with Crippen LogP contribution >= 0.6 is 11.6 Å². The van der Waals surface area contributed by atoms with Crippen molar-refractivity contribution in [3.63, 3.8) is 0 Å². The third-order valence-corrected chi connectivity index (χ3v) is 4.21. The number of carbonyl (C=O) groups excluding carboxylic acids is 1. The quantitative estimate of drug-likeness (QED) is 0.829. The highest BCUT2D eigenvalue weighted by atomic mass is 35.5. The van der Waals surface area contributed by atoms with Crippen LogP contribution in [0.25, 0.3) is 0 Å². The molecule has 2 bridgehead atoms. The summed E-state index contributed by atoms with van der Waals surface area (Å²) in [5.41, 5.74) is 0. The van der Waals surface area contributed by atoms with Crippen LogP contribution in [-0.4, -0.2) is 17.4 Å². The molecule has 2 fully saturated rings. The molecule has 0 unspecified atom stereocenters. The Hall–Kier alpha value is -1.09. The minimum absolute atomic E-state index is 0.299. The van der Waals surface area contributed by atoms with E-state index in [0.29, 0.717) is 41.0 Å². The van der Waals surface area contributed by atoms with Gasteiger partial charge in [-0.25, -0.2) is 4.98 Å². The molecule has 2 saturated carbocycles. The maximum Gasteiger partial charge on any atom is 0.232 e. The van der Waals surface area contributed by atoms with Gasteiger partial charge >= 0.3 is 0 Å². The van der Waals surface area contributed by atoms with E-state index in [-0.39, 0.29) is 0 Å². The molecule has 3 nitrogen and oxygen atoms in total. The van der Waals surface area contributed by atoms with Crippen LogP contribution in [-0.2, 0) is 4.79 Å². The van der Waals surface area contributed by atoms with E-state index < -0.39 is 0 Å². The van der Waals surface area contributed by atoms with Crippen LogP contribution in [0, 0.1) is 17.8 Å². The molecular formula is C13H14ClNO2. The van der Waals surface area contributed by atoms with Crippen molar-refractivity contribution in [2.24, 2.45) is 17.8 Å². The fourth-order valence-electron chi connectivity index (χ4n) is 3.02. The van der Waals surface area contributed by atoms with Crippen LogP contribution in [0.5, 0.6) is 5.88 Å². The van der Waals surface area contributed by atoms with Crippen LogP contribution in [0.3, 0.4) is 0 Å². The van der Waals surface area contributed by atoms with E-state index in [1.807, 2.05) is 0 Å². The highest BCUT2D eigenvalue weighted by Crippen LogP contribution is 2.46. The average molecular weight is 252 g/mol. The van der Waals surface area contributed by atoms with Crippen LogP contribution in [0.4, 0.5) is 0 Å². The van der Waals surface area contributed by atoms with Crippen LogP contribution in [0.15, 0.2) is 18.3 Å². The topological polar surface area (TPSA) is 39.2 Å². The number of hydrogen-bond acceptors (Lipinski definition) is 3. The molecule has 1 aromatic rings. The lowest BCUT2D eigenvalue weighted by molar-refractivity contribution is -0.122. The van der Waals surface area contributed by atoms with E-state index in [2.05, 4.69) is 4.98 Å². The molecule has 3 rings (SSSR count). The number of aromatic nitrogens is 1. The molecule has 1 aromatic heterocycles. The molecule has 0 aromatic carbocycles. The second-order valence-electron chi connectivity index (χ2n) is 4.96. The number of rotatable bonds is 3. The first-order valence-electron chi connectivity index (χ1n) is 6.00. The molecule has 1 heterocycles. The van der Waals surface area contributed by atoms with Gasteiger partial charge in [-0.05, 0) is 36.8 Å². The summed E-state index contributed by atoms with van der Waals surface area (Å²) in [4.78, 5) is 15.5. The van der Waals surface area contributed by atoms with Gasteiger partial charge in [0.25, 0.3) is 0 Å². The summed E-state index contributed by atoms with van der Waals surface area (Å²) < 4.78 is 5.65. The minimum Gasteiger partial charge on any atom is -0.476 e. The fraction of sp³-hybridized carbons (Fsp3) is 0.538. The molecule has 2 aliphatic rings. The number of hydrogen-bond donors (Lipinski definition) is 0. The van der Waals surface area contributed by atoms with Gasteiger partial charge in [-0.2, -0.15) is 0 Å². The Balaban J connectivity index is 1.60. The lowest BCUT2D eigenvalue weighted by atomic mass is 9.89. The van der Waals surface area contributed by atoms with Crippen LogP contribution in [0.1, 0.15) is 19.3 Å². The molecule has 0 spiro atoms. The lowest BCUT2D eigenvalue weighted by Gasteiger charge is -2.20. The van der Waals surface area contributed by atoms with E-state index in [1.165, 1.54) is 0 Å². The van der Waals surface area contributed by atoms with Gasteiger partial charge in [-0.1, -0.05) is 11.6 Å². The first-order chi connectivity index (χ1) is 8.24. The summed E-state index contributed by atoms with van der Waals surface area (Å²) >= 11 is 5.97. The predicted molar refractivity (Wildman–Crippen MR) is 64.1 cm³/mol. The van der Waals surface area contributed by atoms with Crippen molar-refractivity contribution in [3.8, 4) is 5.88 Å². The number of carbonyl (C=O) groups is 1. The zero-order valence-electron chi connectivity index (χ0n) is 9.43. The van der Waals surface area contributed by atoms with Crippen molar-refractivity contribution in [3.05, 3.63) is 23.4 Å². The third-order valence-electron chi connectivity index (χ3n) is 3.92. The molecule has 0 N–H and O–H groups in total. The van der Waals surface area contributed by atoms with Crippen molar-refractivity contribution in [2.45, 2.75) is 19.3 Å². The third kappa shape index (κ3) is 2.04. The minimum atomic E-state index is 0.299. The van der Waals surface area contributed by atoms with Crippen molar-refractivity contribution in [1.29, 1.82) is 0 Å². The van der Waals surface area contributed by atoms with Gasteiger partial charge in [0.1, 0.15) is 10.8 Å². The summed E-state index contributed by atoms with van der Waals surface area (Å²) in [5.74, 6) is 2.27. The maximum absolute atomic E-state index is 11.4. The highest BCUT2D eigenvalue weighted by molar-refractivity contribution is 6.31. The number of halogens is 1. The molecule has 0 radical (unpaired) electrons. The molecule has 2 aliphatic carbocycles. The second-order valence-corrected chi connectivity index (χ2v) is 5.37. The predicted octanol–water partition coefficient (Wildman–Crippen LogP) is 2.73. The number of ketones is 1. The van der Waals surface area contributed by atoms with Crippen molar-refractivity contribution >= 4 is 17.4 Å². The van der Waals surface area contributed by atoms with Crippen molar-refractivity contribution < 1.29 is 9.53 Å². The van der Waals surface area contributed by atoms with Gasteiger partial charge in [-0.15, -0.1) is 0 Å². The Morgan fingerprint density at radius 3 is 3.00 bits per heavy atom. The van der Waals surface area contributed by atoms with E-state index in [9.17, 15) is 4.79 Å². The fourth-order valence-corrected chi connectivity index (χ4v) is 3.19. The lowest BCUT2D eigenvalue weighted by Crippen LogP contribution is -2.23. The van der Waals surface area contributed by atoms with Crippen LogP contribution in [0.2, 0.25) is 5.02 Å². The SMILES string of the molecule is O=C1C[C@@H]2C[C@@H]1C[C@H]2COc1ncccc1Cl. The zero-order valence-corrected chi connectivity index (χ0v) is 10.2.